The van der Waals surface area contributed by atoms with Gasteiger partial charge in [-0.25, -0.2) is 0 Å². The van der Waals surface area contributed by atoms with Crippen LogP contribution in [0, 0.1) is 0 Å². The van der Waals surface area contributed by atoms with E-state index in [1.54, 1.807) is 0 Å². The monoisotopic (exact) mass is 121 g/mol. The first-order chi connectivity index (χ1) is 1.41. The molecule has 0 spiro atoms. The van der Waals surface area contributed by atoms with Gasteiger partial charge in [0.05, 0.1) is 0 Å². The van der Waals surface area contributed by atoms with E-state index in [1.807, 2.05) is 0 Å². The van der Waals surface area contributed by atoms with Crippen LogP contribution in [0.3, 0.4) is 0 Å². The van der Waals surface area contributed by atoms with Gasteiger partial charge in [-0.15, -0.1) is 0 Å². The van der Waals surface area contributed by atoms with Crippen molar-refractivity contribution in [1.82, 2.24) is 0 Å². The van der Waals surface area contributed by atoms with Crippen molar-refractivity contribution < 1.29 is 17.1 Å². The molecule has 0 rings (SSSR count). The van der Waals surface area contributed by atoms with Crippen LogP contribution in [-0.2, 0) is 17.1 Å². The van der Waals surface area contributed by atoms with Gasteiger partial charge in [-0.05, 0) is 0 Å². The first kappa shape index (κ1) is 8.85. The molecule has 0 aliphatic heterocycles. The summed E-state index contributed by atoms with van der Waals surface area (Å²) in [5, 5.41) is 8.47. The molecular weight excluding hydrogens is 122 g/mol. The molecule has 0 aromatic heterocycles. The van der Waals surface area contributed by atoms with Crippen molar-refractivity contribution in [3.63, 3.8) is 0 Å². The second-order valence-corrected chi connectivity index (χ2v) is 0.274. The van der Waals surface area contributed by atoms with Crippen LogP contribution in [0.4, 0.5) is 0 Å². The minimum absolute atomic E-state index is 0. The van der Waals surface area contributed by atoms with Crippen molar-refractivity contribution in [2.45, 2.75) is 0 Å². The van der Waals surface area contributed by atoms with Gasteiger partial charge in [0, 0.05) is 0 Å². The van der Waals surface area contributed by atoms with Gasteiger partial charge < -0.3 is 5.41 Å². The Morgan fingerprint density at radius 3 is 1.75 bits per heavy atom. The van der Waals surface area contributed by atoms with Crippen molar-refractivity contribution >= 4 is 17.4 Å². The Kier molecular flexibility index (Phi) is 22.7. The molecule has 3 heteroatoms. The van der Waals surface area contributed by atoms with E-state index >= 15 is 0 Å². The predicted molar refractivity (Wildman–Crippen MR) is 16.0 cm³/mol. The van der Waals surface area contributed by atoms with Gasteiger partial charge in [-0.1, -0.05) is 12.2 Å². The normalized spacial score (nSPS) is 2.00. The number of hydrogen-bond donors (Lipinski definition) is 0. The molecular formula is CCuNS. The second kappa shape index (κ2) is 10.3. The molecule has 0 aromatic rings. The number of rotatable bonds is 0. The SMILES string of the molecule is [Cu+].[N-]=C=S. The van der Waals surface area contributed by atoms with E-state index in [4.69, 9.17) is 5.41 Å². The van der Waals surface area contributed by atoms with Crippen LogP contribution in [0.1, 0.15) is 0 Å². The second-order valence-electron chi connectivity index (χ2n) is 0.0913. The fourth-order valence-electron chi connectivity index (χ4n) is 0. The maximum absolute atomic E-state index is 7.13. The molecule has 4 heavy (non-hydrogen) atoms. The maximum atomic E-state index is 7.13. The zero-order valence-electron chi connectivity index (χ0n) is 1.66. The third-order valence-electron chi connectivity index (χ3n) is 0. The Balaban J connectivity index is 0. The Bertz CT molecular complexity index is 29.0. The summed E-state index contributed by atoms with van der Waals surface area (Å²) in [6, 6.07) is 0. The summed E-state index contributed by atoms with van der Waals surface area (Å²) < 4.78 is 0. The minimum Gasteiger partial charge on any atom is -0.753 e. The maximum Gasteiger partial charge on any atom is 1.00 e. The molecule has 0 fully saturated rings. The number of isothiocyanates is 1. The number of hydrogen-bond acceptors (Lipinski definition) is 1. The standard InChI is InChI=1S/CNS.Cu/c2-1-3;/q-1;+1. The summed E-state index contributed by atoms with van der Waals surface area (Å²) in [4.78, 5) is 0. The molecule has 0 atom stereocenters. The summed E-state index contributed by atoms with van der Waals surface area (Å²) in [7, 11) is 0. The van der Waals surface area contributed by atoms with Crippen LogP contribution in [0.25, 0.3) is 5.41 Å². The molecule has 0 aromatic carbocycles. The van der Waals surface area contributed by atoms with Gasteiger partial charge in [0.2, 0.25) is 0 Å². The van der Waals surface area contributed by atoms with Crippen LogP contribution < -0.4 is 0 Å². The van der Waals surface area contributed by atoms with Gasteiger partial charge in [0.25, 0.3) is 0 Å². The van der Waals surface area contributed by atoms with Crippen LogP contribution in [0.15, 0.2) is 0 Å². The Hall–Kier alpha value is 0.319. The van der Waals surface area contributed by atoms with E-state index in [0.29, 0.717) is 0 Å². The van der Waals surface area contributed by atoms with E-state index in [2.05, 4.69) is 12.2 Å². The average molecular weight is 122 g/mol. The Morgan fingerprint density at radius 1 is 1.75 bits per heavy atom. The summed E-state index contributed by atoms with van der Waals surface area (Å²) >= 11 is 3.70. The third kappa shape index (κ3) is 39.6. The molecule has 0 aliphatic carbocycles. The molecule has 0 saturated heterocycles. The van der Waals surface area contributed by atoms with Crippen LogP contribution in [0.5, 0.6) is 0 Å². The zero-order valence-corrected chi connectivity index (χ0v) is 3.42. The van der Waals surface area contributed by atoms with Crippen LogP contribution in [-0.4, -0.2) is 5.16 Å². The molecule has 26 valence electrons. The first-order valence-corrected chi connectivity index (χ1v) is 0.836. The number of nitrogens with zero attached hydrogens (tertiary/aromatic N) is 1. The Morgan fingerprint density at radius 2 is 1.75 bits per heavy atom. The van der Waals surface area contributed by atoms with Crippen molar-refractivity contribution in [3.8, 4) is 0 Å². The Labute approximate surface area is 40.4 Å². The quantitative estimate of drug-likeness (QED) is 0.262. The van der Waals surface area contributed by atoms with E-state index in [1.165, 1.54) is 5.16 Å². The van der Waals surface area contributed by atoms with Crippen molar-refractivity contribution in [3.05, 3.63) is 5.41 Å². The van der Waals surface area contributed by atoms with Gasteiger partial charge in [-0.2, -0.15) is 5.16 Å². The summed E-state index contributed by atoms with van der Waals surface area (Å²) in [6.07, 6.45) is 0. The fraction of sp³-hybridized carbons (Fsp3) is 0. The topological polar surface area (TPSA) is 22.3 Å². The van der Waals surface area contributed by atoms with Crippen LogP contribution in [0.2, 0.25) is 0 Å². The van der Waals surface area contributed by atoms with E-state index in [0.717, 1.165) is 0 Å². The van der Waals surface area contributed by atoms with Gasteiger partial charge in [-0.3, -0.25) is 0 Å². The molecule has 0 unspecified atom stereocenters. The number of thiocarbonyl (C=S) groups is 1. The van der Waals surface area contributed by atoms with Crippen molar-refractivity contribution in [2.75, 3.05) is 0 Å². The summed E-state index contributed by atoms with van der Waals surface area (Å²) in [6.45, 7) is 0. The van der Waals surface area contributed by atoms with Gasteiger partial charge in [0.1, 0.15) is 0 Å². The molecule has 0 heterocycles. The molecule has 0 amide bonds. The minimum atomic E-state index is 0. The van der Waals surface area contributed by atoms with E-state index in [-0.39, 0.29) is 17.1 Å². The van der Waals surface area contributed by atoms with Crippen LogP contribution >= 0.6 is 12.2 Å². The molecule has 0 N–H and O–H groups in total. The molecule has 0 saturated carbocycles. The van der Waals surface area contributed by atoms with Gasteiger partial charge in [0.15, 0.2) is 0 Å². The first-order valence-electron chi connectivity index (χ1n) is 0.428. The predicted octanol–water partition coefficient (Wildman–Crippen LogP) is 0.656. The molecule has 0 bridgehead atoms. The smallest absolute Gasteiger partial charge is 0.753 e. The van der Waals surface area contributed by atoms with Crippen molar-refractivity contribution in [1.29, 1.82) is 0 Å². The third-order valence-corrected chi connectivity index (χ3v) is 0. The van der Waals surface area contributed by atoms with Crippen molar-refractivity contribution in [2.24, 2.45) is 0 Å². The molecule has 1 nitrogen and oxygen atoms in total. The van der Waals surface area contributed by atoms with E-state index < -0.39 is 0 Å². The molecule has 0 aliphatic rings. The zero-order chi connectivity index (χ0) is 2.71. The molecule has 0 radical (unpaired) electrons. The largest absolute Gasteiger partial charge is 1.00 e. The average Bonchev–Trinajstić information content (AvgIpc) is 0.918. The summed E-state index contributed by atoms with van der Waals surface area (Å²) in [5.41, 5.74) is 0. The fourth-order valence-corrected chi connectivity index (χ4v) is 0. The van der Waals surface area contributed by atoms with E-state index in [9.17, 15) is 0 Å². The summed E-state index contributed by atoms with van der Waals surface area (Å²) in [5.74, 6) is 0. The van der Waals surface area contributed by atoms with Gasteiger partial charge >= 0.3 is 17.1 Å².